The van der Waals surface area contributed by atoms with Crippen LogP contribution in [-0.2, 0) is 11.2 Å². The number of nitrogens with two attached hydrogens (primary N) is 1. The molecule has 0 bridgehead atoms. The van der Waals surface area contributed by atoms with Gasteiger partial charge in [0.05, 0.1) is 5.69 Å². The van der Waals surface area contributed by atoms with E-state index in [1.165, 1.54) is 6.33 Å². The van der Waals surface area contributed by atoms with E-state index < -0.39 is 24.5 Å². The molecule has 4 N–H and O–H groups in total. The molecule has 0 saturated carbocycles. The van der Waals surface area contributed by atoms with Gasteiger partial charge in [0, 0.05) is 26.1 Å². The molecule has 9 nitrogen and oxygen atoms in total. The number of aliphatic hydroxyl groups is 2. The number of aryl methyl sites for hydroxylation is 2. The highest BCUT2D eigenvalue weighted by molar-refractivity contribution is 5.73. The molecule has 0 unspecified atom stereocenters. The molecule has 0 amide bonds. The second-order valence-electron chi connectivity index (χ2n) is 6.86. The van der Waals surface area contributed by atoms with Crippen LogP contribution in [0.1, 0.15) is 24.7 Å². The third kappa shape index (κ3) is 3.87. The molecule has 1 aliphatic rings. The first-order valence-corrected chi connectivity index (χ1v) is 9.21. The zero-order valence-electron chi connectivity index (χ0n) is 16.0. The first-order valence-electron chi connectivity index (χ1n) is 9.21. The molecule has 3 heterocycles. The Balaban J connectivity index is 1.85. The molecule has 27 heavy (non-hydrogen) atoms. The van der Waals surface area contributed by atoms with Crippen LogP contribution in [0.2, 0.25) is 0 Å². The number of fused-ring (bicyclic) bond motifs is 1. The van der Waals surface area contributed by atoms with Gasteiger partial charge in [-0.1, -0.05) is 19.1 Å². The van der Waals surface area contributed by atoms with Crippen molar-refractivity contribution in [3.8, 4) is 0 Å². The number of imidazole rings is 1. The topological polar surface area (TPSA) is 123 Å². The molecule has 1 aliphatic heterocycles. The summed E-state index contributed by atoms with van der Waals surface area (Å²) in [6, 6.07) is 0. The van der Waals surface area contributed by atoms with E-state index >= 15 is 0 Å². The number of ether oxygens (including phenoxy) is 1. The molecule has 3 rings (SSSR count). The van der Waals surface area contributed by atoms with Crippen molar-refractivity contribution in [3.63, 3.8) is 0 Å². The maximum atomic E-state index is 10.7. The van der Waals surface area contributed by atoms with Crippen LogP contribution in [0.15, 0.2) is 18.5 Å². The molecule has 9 heteroatoms. The van der Waals surface area contributed by atoms with Gasteiger partial charge in [-0.3, -0.25) is 4.57 Å². The van der Waals surface area contributed by atoms with Crippen LogP contribution in [0, 0.1) is 6.92 Å². The van der Waals surface area contributed by atoms with E-state index in [0.717, 1.165) is 11.5 Å². The standard InChI is InChI=1S/C18H28N6O3/c1-4-13-22-14-11(2)20-10-21-17(14)24(13)18-16(26)15(25)12(27-18)9-23(3)8-6-5-7-19/h5-6,10,12,15-16,18,25-26H,4,7-9,19H2,1-3H3/b6-5-/t12-,15-,16-,18-/m1/s1. The van der Waals surface area contributed by atoms with E-state index in [1.54, 1.807) is 4.57 Å². The second-order valence-corrected chi connectivity index (χ2v) is 6.86. The Labute approximate surface area is 158 Å². The minimum absolute atomic E-state index is 0.478. The molecule has 4 atom stereocenters. The van der Waals surface area contributed by atoms with Crippen molar-refractivity contribution in [1.82, 2.24) is 24.4 Å². The van der Waals surface area contributed by atoms with Gasteiger partial charge in [-0.2, -0.15) is 0 Å². The Kier molecular flexibility index (Phi) is 6.18. The minimum Gasteiger partial charge on any atom is -0.387 e. The van der Waals surface area contributed by atoms with Gasteiger partial charge in [-0.05, 0) is 14.0 Å². The number of aliphatic hydroxyl groups excluding tert-OH is 2. The first kappa shape index (κ1) is 19.8. The Morgan fingerprint density at radius 3 is 2.78 bits per heavy atom. The van der Waals surface area contributed by atoms with Gasteiger partial charge in [-0.15, -0.1) is 0 Å². The maximum absolute atomic E-state index is 10.7. The lowest BCUT2D eigenvalue weighted by Crippen LogP contribution is -2.38. The Hall–Kier alpha value is -1.91. The highest BCUT2D eigenvalue weighted by Crippen LogP contribution is 2.33. The van der Waals surface area contributed by atoms with Crippen molar-refractivity contribution >= 4 is 11.2 Å². The number of rotatable bonds is 7. The van der Waals surface area contributed by atoms with Crippen LogP contribution in [0.25, 0.3) is 11.2 Å². The molecule has 1 fully saturated rings. The zero-order valence-corrected chi connectivity index (χ0v) is 16.0. The monoisotopic (exact) mass is 376 g/mol. The van der Waals surface area contributed by atoms with Crippen molar-refractivity contribution in [2.75, 3.05) is 26.7 Å². The lowest BCUT2D eigenvalue weighted by molar-refractivity contribution is -0.0427. The van der Waals surface area contributed by atoms with Gasteiger partial charge in [0.2, 0.25) is 0 Å². The molecule has 0 aromatic carbocycles. The van der Waals surface area contributed by atoms with Gasteiger partial charge < -0.3 is 25.6 Å². The molecule has 0 radical (unpaired) electrons. The normalized spacial score (nSPS) is 26.0. The maximum Gasteiger partial charge on any atom is 0.166 e. The summed E-state index contributed by atoms with van der Waals surface area (Å²) in [5, 5.41) is 21.2. The van der Waals surface area contributed by atoms with Gasteiger partial charge >= 0.3 is 0 Å². The lowest BCUT2D eigenvalue weighted by Gasteiger charge is -2.21. The fourth-order valence-corrected chi connectivity index (χ4v) is 3.41. The number of hydrogen-bond donors (Lipinski definition) is 3. The molecule has 2 aromatic heterocycles. The quantitative estimate of drug-likeness (QED) is 0.566. The summed E-state index contributed by atoms with van der Waals surface area (Å²) in [7, 11) is 1.93. The Morgan fingerprint density at radius 1 is 1.30 bits per heavy atom. The Morgan fingerprint density at radius 2 is 2.07 bits per heavy atom. The second kappa shape index (κ2) is 8.41. The van der Waals surface area contributed by atoms with Crippen LogP contribution < -0.4 is 5.73 Å². The smallest absolute Gasteiger partial charge is 0.166 e. The highest BCUT2D eigenvalue weighted by Gasteiger charge is 2.45. The summed E-state index contributed by atoms with van der Waals surface area (Å²) in [6.07, 6.45) is 2.64. The molecular weight excluding hydrogens is 348 g/mol. The summed E-state index contributed by atoms with van der Waals surface area (Å²) in [5.41, 5.74) is 7.51. The van der Waals surface area contributed by atoms with Crippen LogP contribution in [-0.4, -0.2) is 79.6 Å². The SMILES string of the molecule is CCc1nc2c(C)ncnc2n1[C@@H]1O[C@H](CN(C)C/C=C\CN)[C@@H](O)[C@H]1O. The molecule has 2 aromatic rings. The third-order valence-electron chi connectivity index (χ3n) is 4.85. The van der Waals surface area contributed by atoms with E-state index in [0.29, 0.717) is 37.2 Å². The molecule has 0 aliphatic carbocycles. The molecule has 0 spiro atoms. The Bertz CT molecular complexity index is 808. The average Bonchev–Trinajstić information content (AvgIpc) is 3.15. The average molecular weight is 376 g/mol. The first-order chi connectivity index (χ1) is 13.0. The summed E-state index contributed by atoms with van der Waals surface area (Å²) in [6.45, 7) is 5.50. The fourth-order valence-electron chi connectivity index (χ4n) is 3.41. The van der Waals surface area contributed by atoms with E-state index in [1.807, 2.05) is 37.9 Å². The van der Waals surface area contributed by atoms with Crippen LogP contribution in [0.4, 0.5) is 0 Å². The van der Waals surface area contributed by atoms with Gasteiger partial charge in [-0.25, -0.2) is 15.0 Å². The fraction of sp³-hybridized carbons (Fsp3) is 0.611. The van der Waals surface area contributed by atoms with E-state index in [9.17, 15) is 10.2 Å². The molecule has 148 valence electrons. The predicted octanol–water partition coefficient (Wildman–Crippen LogP) is -0.237. The number of hydrogen-bond acceptors (Lipinski definition) is 8. The summed E-state index contributed by atoms with van der Waals surface area (Å²) < 4.78 is 7.85. The van der Waals surface area contributed by atoms with Crippen molar-refractivity contribution in [2.45, 2.75) is 44.8 Å². The van der Waals surface area contributed by atoms with Gasteiger partial charge in [0.15, 0.2) is 11.9 Å². The number of nitrogens with zero attached hydrogens (tertiary/aromatic N) is 5. The van der Waals surface area contributed by atoms with E-state index in [4.69, 9.17) is 10.5 Å². The van der Waals surface area contributed by atoms with Crippen LogP contribution >= 0.6 is 0 Å². The van der Waals surface area contributed by atoms with Crippen molar-refractivity contribution < 1.29 is 14.9 Å². The largest absolute Gasteiger partial charge is 0.387 e. The minimum atomic E-state index is -1.07. The predicted molar refractivity (Wildman–Crippen MR) is 101 cm³/mol. The summed E-state index contributed by atoms with van der Waals surface area (Å²) >= 11 is 0. The van der Waals surface area contributed by atoms with Crippen molar-refractivity contribution in [3.05, 3.63) is 30.0 Å². The van der Waals surface area contributed by atoms with Crippen LogP contribution in [0.3, 0.4) is 0 Å². The van der Waals surface area contributed by atoms with Gasteiger partial charge in [0.1, 0.15) is 36.0 Å². The lowest BCUT2D eigenvalue weighted by atomic mass is 10.1. The van der Waals surface area contributed by atoms with E-state index in [2.05, 4.69) is 15.0 Å². The van der Waals surface area contributed by atoms with Crippen molar-refractivity contribution in [1.29, 1.82) is 0 Å². The third-order valence-corrected chi connectivity index (χ3v) is 4.85. The number of aromatic nitrogens is 4. The van der Waals surface area contributed by atoms with E-state index in [-0.39, 0.29) is 0 Å². The summed E-state index contributed by atoms with van der Waals surface area (Å²) in [5.74, 6) is 0.740. The zero-order chi connectivity index (χ0) is 19.6. The molecular formula is C18H28N6O3. The summed E-state index contributed by atoms with van der Waals surface area (Å²) in [4.78, 5) is 15.1. The van der Waals surface area contributed by atoms with Gasteiger partial charge in [0.25, 0.3) is 0 Å². The molecule has 1 saturated heterocycles. The van der Waals surface area contributed by atoms with Crippen molar-refractivity contribution in [2.24, 2.45) is 5.73 Å². The van der Waals surface area contributed by atoms with Crippen LogP contribution in [0.5, 0.6) is 0 Å². The highest BCUT2D eigenvalue weighted by atomic mass is 16.6. The number of likely N-dealkylation sites (N-methyl/N-ethyl adjacent to an activating group) is 1.